The molecule has 0 radical (unpaired) electrons. The van der Waals surface area contributed by atoms with Gasteiger partial charge in [-0.1, -0.05) is 63.2 Å². The molecule has 37 heavy (non-hydrogen) atoms. The first-order valence-corrected chi connectivity index (χ1v) is 12.3. The number of aryl methyl sites for hydroxylation is 2. The number of benzene rings is 2. The van der Waals surface area contributed by atoms with Crippen LogP contribution in [0.4, 0.5) is 11.5 Å². The molecule has 7 nitrogen and oxygen atoms in total. The third kappa shape index (κ3) is 7.08. The lowest BCUT2D eigenvalue weighted by molar-refractivity contribution is -0.121. The van der Waals surface area contributed by atoms with Gasteiger partial charge in [-0.25, -0.2) is 0 Å². The van der Waals surface area contributed by atoms with Crippen molar-refractivity contribution < 1.29 is 9.59 Å². The van der Waals surface area contributed by atoms with Crippen molar-refractivity contribution >= 4 is 41.8 Å². The van der Waals surface area contributed by atoms with E-state index in [4.69, 9.17) is 0 Å². The lowest BCUT2D eigenvalue weighted by Crippen LogP contribution is -2.48. The first-order valence-electron chi connectivity index (χ1n) is 12.3. The van der Waals surface area contributed by atoms with Crippen molar-refractivity contribution in [3.8, 4) is 0 Å². The van der Waals surface area contributed by atoms with E-state index in [0.717, 1.165) is 35.6 Å². The summed E-state index contributed by atoms with van der Waals surface area (Å²) < 4.78 is 1.69. The summed E-state index contributed by atoms with van der Waals surface area (Å²) in [6.07, 6.45) is 3.85. The van der Waals surface area contributed by atoms with Crippen molar-refractivity contribution in [2.24, 2.45) is 7.05 Å². The molecule has 2 amide bonds. The van der Waals surface area contributed by atoms with E-state index in [2.05, 4.69) is 48.2 Å². The predicted molar refractivity (Wildman–Crippen MR) is 152 cm³/mol. The molecule has 0 unspecified atom stereocenters. The van der Waals surface area contributed by atoms with Crippen LogP contribution in [0.25, 0.3) is 6.08 Å². The Labute approximate surface area is 225 Å². The largest absolute Gasteiger partial charge is 0.307 e. The Morgan fingerprint density at radius 3 is 2.46 bits per heavy atom. The summed E-state index contributed by atoms with van der Waals surface area (Å²) >= 11 is 0. The Morgan fingerprint density at radius 1 is 1.11 bits per heavy atom. The zero-order chi connectivity index (χ0) is 25.9. The summed E-state index contributed by atoms with van der Waals surface area (Å²) in [5.74, 6) is 0.640. The van der Waals surface area contributed by atoms with Gasteiger partial charge in [-0.2, -0.15) is 5.10 Å². The van der Waals surface area contributed by atoms with Gasteiger partial charge in [0.2, 0.25) is 11.8 Å². The van der Waals surface area contributed by atoms with E-state index in [1.807, 2.05) is 61.3 Å². The summed E-state index contributed by atoms with van der Waals surface area (Å²) in [4.78, 5) is 29.2. The van der Waals surface area contributed by atoms with Crippen LogP contribution >= 0.6 is 12.4 Å². The van der Waals surface area contributed by atoms with Crippen molar-refractivity contribution in [2.75, 3.05) is 23.4 Å². The summed E-state index contributed by atoms with van der Waals surface area (Å²) in [7, 11) is 1.83. The number of anilines is 2. The molecule has 0 aliphatic carbocycles. The minimum Gasteiger partial charge on any atom is -0.307 e. The van der Waals surface area contributed by atoms with E-state index in [1.165, 1.54) is 11.6 Å². The van der Waals surface area contributed by atoms with Crippen LogP contribution in [0.1, 0.15) is 49.6 Å². The maximum atomic E-state index is 12.5. The van der Waals surface area contributed by atoms with Gasteiger partial charge in [0.1, 0.15) is 5.82 Å². The molecule has 196 valence electrons. The van der Waals surface area contributed by atoms with Crippen LogP contribution in [0.3, 0.4) is 0 Å². The maximum absolute atomic E-state index is 12.5. The van der Waals surface area contributed by atoms with Crippen LogP contribution in [0.5, 0.6) is 0 Å². The Hall–Kier alpha value is -3.42. The van der Waals surface area contributed by atoms with Gasteiger partial charge in [0, 0.05) is 49.8 Å². The van der Waals surface area contributed by atoms with E-state index in [1.54, 1.807) is 10.8 Å². The van der Waals surface area contributed by atoms with E-state index < -0.39 is 0 Å². The normalized spacial score (nSPS) is 14.6. The fraction of sp³-hybridized carbons (Fsp3) is 0.345. The SMILES string of the molecule is Cc1ccccc1N1CN(Cc2ccc(/C=C/C(=O)Nc3cc(C(C)(C)C)nn3C)cc2)CCC1=O.Cl. The zero-order valence-corrected chi connectivity index (χ0v) is 23.0. The number of carbonyl (C=O) groups is 2. The number of hydrogen-bond donors (Lipinski definition) is 1. The fourth-order valence-electron chi connectivity index (χ4n) is 4.23. The third-order valence-corrected chi connectivity index (χ3v) is 6.40. The number of para-hydroxylation sites is 1. The minimum atomic E-state index is -0.197. The number of rotatable bonds is 6. The van der Waals surface area contributed by atoms with Crippen molar-refractivity contribution in [2.45, 2.75) is 46.1 Å². The van der Waals surface area contributed by atoms with Crippen LogP contribution in [0, 0.1) is 6.92 Å². The highest BCUT2D eigenvalue weighted by Gasteiger charge is 2.25. The summed E-state index contributed by atoms with van der Waals surface area (Å²) in [6, 6.07) is 18.1. The van der Waals surface area contributed by atoms with Gasteiger partial charge in [0.25, 0.3) is 0 Å². The van der Waals surface area contributed by atoms with Crippen molar-refractivity contribution in [3.63, 3.8) is 0 Å². The molecule has 1 fully saturated rings. The number of amides is 2. The molecule has 0 spiro atoms. The van der Waals surface area contributed by atoms with Gasteiger partial charge < -0.3 is 5.32 Å². The lowest BCUT2D eigenvalue weighted by atomic mass is 9.92. The first kappa shape index (κ1) is 28.2. The molecule has 1 aliphatic rings. The van der Waals surface area contributed by atoms with Gasteiger partial charge in [0.15, 0.2) is 0 Å². The quantitative estimate of drug-likeness (QED) is 0.447. The monoisotopic (exact) mass is 521 g/mol. The number of aromatic nitrogens is 2. The lowest BCUT2D eigenvalue weighted by Gasteiger charge is -2.36. The van der Waals surface area contributed by atoms with Crippen molar-refractivity contribution in [3.05, 3.63) is 83.1 Å². The van der Waals surface area contributed by atoms with E-state index >= 15 is 0 Å². The second-order valence-electron chi connectivity index (χ2n) is 10.4. The zero-order valence-electron chi connectivity index (χ0n) is 22.2. The molecule has 1 aromatic heterocycles. The summed E-state index contributed by atoms with van der Waals surface area (Å²) in [5, 5.41) is 7.39. The van der Waals surface area contributed by atoms with Crippen molar-refractivity contribution in [1.29, 1.82) is 0 Å². The third-order valence-electron chi connectivity index (χ3n) is 6.40. The molecule has 0 saturated carbocycles. The van der Waals surface area contributed by atoms with Gasteiger partial charge in [0.05, 0.1) is 12.4 Å². The van der Waals surface area contributed by atoms with Crippen molar-refractivity contribution in [1.82, 2.24) is 14.7 Å². The summed E-state index contributed by atoms with van der Waals surface area (Å²) in [5.41, 5.74) is 5.04. The average molecular weight is 522 g/mol. The predicted octanol–water partition coefficient (Wildman–Crippen LogP) is 5.30. The van der Waals surface area contributed by atoms with Gasteiger partial charge in [-0.05, 0) is 35.8 Å². The molecule has 1 saturated heterocycles. The summed E-state index contributed by atoms with van der Waals surface area (Å²) in [6.45, 7) is 10.4. The highest BCUT2D eigenvalue weighted by atomic mass is 35.5. The van der Waals surface area contributed by atoms with Crippen LogP contribution in [0.2, 0.25) is 0 Å². The smallest absolute Gasteiger partial charge is 0.249 e. The Morgan fingerprint density at radius 2 is 1.81 bits per heavy atom. The molecule has 2 aromatic carbocycles. The maximum Gasteiger partial charge on any atom is 0.249 e. The number of nitrogens with one attached hydrogen (secondary N) is 1. The van der Waals surface area contributed by atoms with Gasteiger partial charge >= 0.3 is 0 Å². The average Bonchev–Trinajstić information content (AvgIpc) is 3.21. The van der Waals surface area contributed by atoms with Crippen LogP contribution in [-0.2, 0) is 28.6 Å². The Kier molecular flexibility index (Phi) is 8.94. The molecule has 1 N–H and O–H groups in total. The fourth-order valence-corrected chi connectivity index (χ4v) is 4.23. The van der Waals surface area contributed by atoms with Gasteiger partial charge in [-0.3, -0.25) is 24.1 Å². The minimum absolute atomic E-state index is 0. The highest BCUT2D eigenvalue weighted by molar-refractivity contribution is 6.01. The molecule has 2 heterocycles. The van der Waals surface area contributed by atoms with Crippen LogP contribution in [-0.4, -0.2) is 39.7 Å². The topological polar surface area (TPSA) is 70.5 Å². The molecular weight excluding hydrogens is 486 g/mol. The number of nitrogens with zero attached hydrogens (tertiary/aromatic N) is 4. The second kappa shape index (κ2) is 11.8. The standard InChI is InChI=1S/C29H35N5O2.ClH/c1-21-8-6-7-9-24(21)34-20-33(17-16-28(34)36)19-23-12-10-22(11-13-23)14-15-27(35)30-26-18-25(29(2,3)4)31-32(26)5;/h6-15,18H,16-17,19-20H2,1-5H3,(H,30,35);1H/b15-14+;. The molecule has 4 rings (SSSR count). The molecule has 0 bridgehead atoms. The number of carbonyl (C=O) groups excluding carboxylic acids is 2. The van der Waals surface area contributed by atoms with E-state index in [9.17, 15) is 9.59 Å². The van der Waals surface area contributed by atoms with E-state index in [-0.39, 0.29) is 29.6 Å². The molecular formula is C29H36ClN5O2. The van der Waals surface area contributed by atoms with Crippen LogP contribution in [0.15, 0.2) is 60.7 Å². The Balaban J connectivity index is 0.00000380. The molecule has 3 aromatic rings. The molecule has 8 heteroatoms. The number of halogens is 1. The molecule has 0 atom stereocenters. The molecule has 1 aliphatic heterocycles. The second-order valence-corrected chi connectivity index (χ2v) is 10.4. The van der Waals surface area contributed by atoms with Gasteiger partial charge in [-0.15, -0.1) is 12.4 Å². The number of hydrogen-bond acceptors (Lipinski definition) is 4. The first-order chi connectivity index (χ1) is 17.1. The van der Waals surface area contributed by atoms with E-state index in [0.29, 0.717) is 18.9 Å². The van der Waals surface area contributed by atoms with Crippen LogP contribution < -0.4 is 10.2 Å². The Bertz CT molecular complexity index is 1270. The highest BCUT2D eigenvalue weighted by Crippen LogP contribution is 2.25.